The van der Waals surface area contributed by atoms with E-state index >= 15 is 0 Å². The number of rotatable bonds is 9. The van der Waals surface area contributed by atoms with Crippen molar-refractivity contribution >= 4 is 94.8 Å². The summed E-state index contributed by atoms with van der Waals surface area (Å²) >= 11 is 1.89. The first-order chi connectivity index (χ1) is 41.7. The van der Waals surface area contributed by atoms with E-state index in [0.29, 0.717) is 0 Å². The Hall–Kier alpha value is -10.5. The third-order valence-electron chi connectivity index (χ3n) is 17.9. The number of anilines is 8. The predicted octanol–water partition coefficient (Wildman–Crippen LogP) is 19.9. The van der Waals surface area contributed by atoms with Gasteiger partial charge in [-0.15, -0.1) is 11.3 Å². The number of para-hydroxylation sites is 2. The fourth-order valence-electron chi connectivity index (χ4n) is 14.3. The zero-order valence-corrected chi connectivity index (χ0v) is 46.7. The minimum Gasteiger partial charge on any atom is -0.376 e. The third-order valence-corrected chi connectivity index (χ3v) is 19.0. The number of hydrogen-bond donors (Lipinski definition) is 0. The number of fused-ring (bicyclic) bond motifs is 10. The van der Waals surface area contributed by atoms with Crippen molar-refractivity contribution in [2.24, 2.45) is 0 Å². The molecule has 0 saturated carbocycles. The van der Waals surface area contributed by atoms with Crippen LogP contribution in [-0.4, -0.2) is 6.85 Å². The number of benzene rings is 13. The average Bonchev–Trinajstić information content (AvgIpc) is 0.759. The molecule has 392 valence electrons. The largest absolute Gasteiger partial charge is 0.376 e. The van der Waals surface area contributed by atoms with Crippen LogP contribution in [0.1, 0.15) is 22.3 Å². The first-order valence-corrected chi connectivity index (χ1v) is 29.8. The maximum atomic E-state index is 2.68. The van der Waals surface area contributed by atoms with E-state index in [1.54, 1.807) is 0 Å². The van der Waals surface area contributed by atoms with E-state index in [1.165, 1.54) is 109 Å². The summed E-state index contributed by atoms with van der Waals surface area (Å²) in [5.41, 5.74) is 25.5. The first-order valence-electron chi connectivity index (χ1n) is 29.0. The molecule has 0 unspecified atom stereocenters. The molecular formula is C79H52BN3S. The zero-order chi connectivity index (χ0) is 55.3. The quantitative estimate of drug-likeness (QED) is 0.133. The van der Waals surface area contributed by atoms with E-state index in [1.807, 2.05) is 11.3 Å². The Labute approximate surface area is 494 Å². The molecule has 0 radical (unpaired) electrons. The zero-order valence-electron chi connectivity index (χ0n) is 45.8. The summed E-state index contributed by atoms with van der Waals surface area (Å²) in [6.45, 7) is -0.231. The third kappa shape index (κ3) is 7.32. The fourth-order valence-corrected chi connectivity index (χ4v) is 15.4. The minimum absolute atomic E-state index is 0.231. The second-order valence-electron chi connectivity index (χ2n) is 22.3. The molecule has 84 heavy (non-hydrogen) atoms. The molecule has 17 rings (SSSR count). The van der Waals surface area contributed by atoms with Crippen LogP contribution in [0.3, 0.4) is 0 Å². The van der Waals surface area contributed by atoms with E-state index in [2.05, 4.69) is 330 Å². The van der Waals surface area contributed by atoms with Crippen molar-refractivity contribution in [2.75, 3.05) is 14.6 Å². The number of nitrogens with zero attached hydrogens (tertiary/aromatic N) is 3. The van der Waals surface area contributed by atoms with Crippen LogP contribution in [0.25, 0.3) is 64.7 Å². The molecule has 1 aromatic heterocycles. The molecule has 0 atom stereocenters. The van der Waals surface area contributed by atoms with Crippen LogP contribution in [0, 0.1) is 0 Å². The van der Waals surface area contributed by atoms with Gasteiger partial charge in [0.2, 0.25) is 0 Å². The van der Waals surface area contributed by atoms with Crippen LogP contribution >= 0.6 is 11.3 Å². The molecule has 0 spiro atoms. The lowest BCUT2D eigenvalue weighted by molar-refractivity contribution is 0.732. The molecule has 3 aliphatic rings. The predicted molar refractivity (Wildman–Crippen MR) is 356 cm³/mol. The van der Waals surface area contributed by atoms with Gasteiger partial charge in [-0.05, 0) is 145 Å². The smallest absolute Gasteiger partial charge is 0.333 e. The summed E-state index contributed by atoms with van der Waals surface area (Å²) in [6, 6.07) is 118. The Bertz CT molecular complexity index is 4700. The Morgan fingerprint density at radius 2 is 0.857 bits per heavy atom. The van der Waals surface area contributed by atoms with Gasteiger partial charge in [0.15, 0.2) is 0 Å². The van der Waals surface area contributed by atoms with Crippen molar-refractivity contribution in [1.82, 2.24) is 0 Å². The average molecular weight is 1090 g/mol. The van der Waals surface area contributed by atoms with Crippen molar-refractivity contribution in [1.29, 1.82) is 0 Å². The Morgan fingerprint density at radius 3 is 1.45 bits per heavy atom. The van der Waals surface area contributed by atoms with Gasteiger partial charge in [0.1, 0.15) is 0 Å². The highest BCUT2D eigenvalue weighted by atomic mass is 32.1. The topological polar surface area (TPSA) is 9.72 Å². The van der Waals surface area contributed by atoms with Crippen molar-refractivity contribution in [2.45, 2.75) is 5.41 Å². The van der Waals surface area contributed by atoms with E-state index in [4.69, 9.17) is 0 Å². The molecule has 0 saturated heterocycles. The standard InChI is InChI=1S/C79H52BN3S/c1-6-21-53(22-7-1)56-37-43-61(44-38-56)81(62-45-39-57(40-46-62)54-23-8-2-9-24-54)64-51-66-75-71(49-50-74-76(75)65-31-16-19-36-73(65)84-74)83(63-47-41-58(42-48-63)55-25-10-3-11-26-55)80-69-34-20-33-68-78(69)82(72(52-64)77(66)80)70-35-18-17-32-67(70)79(68,59-27-12-4-13-28-59)60-29-14-5-15-30-60/h1-52H. The molecule has 0 amide bonds. The molecule has 0 bridgehead atoms. The van der Waals surface area contributed by atoms with Crippen molar-refractivity contribution in [3.8, 4) is 44.5 Å². The maximum Gasteiger partial charge on any atom is 0.333 e. The highest BCUT2D eigenvalue weighted by molar-refractivity contribution is 7.26. The van der Waals surface area contributed by atoms with Crippen molar-refractivity contribution in [3.63, 3.8) is 0 Å². The van der Waals surface area contributed by atoms with Gasteiger partial charge in [0, 0.05) is 65.5 Å². The van der Waals surface area contributed by atoms with Gasteiger partial charge in [-0.1, -0.05) is 243 Å². The molecule has 4 heterocycles. The molecule has 5 heteroatoms. The van der Waals surface area contributed by atoms with Gasteiger partial charge in [-0.25, -0.2) is 0 Å². The Morgan fingerprint density at radius 1 is 0.357 bits per heavy atom. The normalized spacial score (nSPS) is 13.3. The molecule has 3 nitrogen and oxygen atoms in total. The summed E-state index contributed by atoms with van der Waals surface area (Å²) in [5, 5.41) is 2.56. The summed E-state index contributed by atoms with van der Waals surface area (Å²) in [4.78, 5) is 7.83. The van der Waals surface area contributed by atoms with Crippen LogP contribution < -0.4 is 25.5 Å². The second-order valence-corrected chi connectivity index (χ2v) is 23.4. The van der Waals surface area contributed by atoms with E-state index < -0.39 is 5.41 Å². The van der Waals surface area contributed by atoms with Gasteiger partial charge in [-0.3, -0.25) is 0 Å². The summed E-state index contributed by atoms with van der Waals surface area (Å²) in [7, 11) is 0. The van der Waals surface area contributed by atoms with Crippen LogP contribution in [-0.2, 0) is 5.41 Å². The highest BCUT2D eigenvalue weighted by Gasteiger charge is 2.53. The molecule has 0 fully saturated rings. The Kier molecular flexibility index (Phi) is 11.1. The summed E-state index contributed by atoms with van der Waals surface area (Å²) in [5.74, 6) is 0. The lowest BCUT2D eigenvalue weighted by Gasteiger charge is -2.52. The lowest BCUT2D eigenvalue weighted by atomic mass is 9.42. The molecular weight excluding hydrogens is 1030 g/mol. The molecule has 14 aromatic rings. The van der Waals surface area contributed by atoms with E-state index in [-0.39, 0.29) is 6.85 Å². The highest BCUT2D eigenvalue weighted by Crippen LogP contribution is 2.61. The van der Waals surface area contributed by atoms with Crippen LogP contribution in [0.4, 0.5) is 45.5 Å². The lowest BCUT2D eigenvalue weighted by Crippen LogP contribution is -2.62. The second kappa shape index (κ2) is 19.3. The Balaban J connectivity index is 0.998. The van der Waals surface area contributed by atoms with Gasteiger partial charge in [0.25, 0.3) is 0 Å². The van der Waals surface area contributed by atoms with Crippen LogP contribution in [0.2, 0.25) is 0 Å². The fraction of sp³-hybridized carbons (Fsp3) is 0.0127. The number of hydrogen-bond acceptors (Lipinski definition) is 4. The van der Waals surface area contributed by atoms with Crippen LogP contribution in [0.15, 0.2) is 315 Å². The molecule has 0 aliphatic carbocycles. The van der Waals surface area contributed by atoms with Gasteiger partial charge >= 0.3 is 6.85 Å². The molecule has 0 N–H and O–H groups in total. The van der Waals surface area contributed by atoms with Crippen molar-refractivity contribution < 1.29 is 0 Å². The minimum atomic E-state index is -0.664. The number of thiophene rings is 1. The van der Waals surface area contributed by atoms with E-state index in [9.17, 15) is 0 Å². The van der Waals surface area contributed by atoms with Crippen molar-refractivity contribution in [3.05, 3.63) is 338 Å². The summed E-state index contributed by atoms with van der Waals surface area (Å²) in [6.07, 6.45) is 0. The SMILES string of the molecule is c1ccc(-c2ccc(N3B4c5cccc6c5N(c5ccccc5C6(c5ccccc5)c5ccccc5)c5cc(N(c6ccc(-c7ccccc7)cc6)c6ccc(-c7ccccc7)cc6)cc(c54)-c4c3ccc3sc5ccccc5c43)cc2)cc1. The van der Waals surface area contributed by atoms with Gasteiger partial charge in [-0.2, -0.15) is 0 Å². The first kappa shape index (κ1) is 48.3. The van der Waals surface area contributed by atoms with E-state index in [0.717, 1.165) is 34.1 Å². The molecule has 13 aromatic carbocycles. The van der Waals surface area contributed by atoms with Gasteiger partial charge in [0.05, 0.1) is 11.1 Å². The molecule has 3 aliphatic heterocycles. The maximum absolute atomic E-state index is 2.68. The monoisotopic (exact) mass is 1090 g/mol. The summed E-state index contributed by atoms with van der Waals surface area (Å²) < 4.78 is 2.55. The van der Waals surface area contributed by atoms with Crippen LogP contribution in [0.5, 0.6) is 0 Å². The van der Waals surface area contributed by atoms with Gasteiger partial charge < -0.3 is 14.6 Å².